The molecule has 0 spiro atoms. The maximum Gasteiger partial charge on any atom is 0.264 e. The molecule has 4 aromatic rings. The maximum absolute atomic E-state index is 14.6. The van der Waals surface area contributed by atoms with Crippen molar-refractivity contribution in [3.63, 3.8) is 0 Å². The molecule has 8 nitrogen and oxygen atoms in total. The second-order valence-corrected chi connectivity index (χ2v) is 14.2. The van der Waals surface area contributed by atoms with E-state index in [1.807, 2.05) is 58.0 Å². The molecule has 0 aliphatic rings. The molecule has 1 N–H and O–H groups in total. The number of nitrogens with zero attached hydrogens (tertiary/aromatic N) is 2. The maximum atomic E-state index is 14.6. The van der Waals surface area contributed by atoms with Crippen molar-refractivity contribution in [2.24, 2.45) is 0 Å². The van der Waals surface area contributed by atoms with Gasteiger partial charge in [-0.1, -0.05) is 84.2 Å². The van der Waals surface area contributed by atoms with Crippen LogP contribution in [0.25, 0.3) is 0 Å². The summed E-state index contributed by atoms with van der Waals surface area (Å²) in [6.07, 6.45) is 0.870. The summed E-state index contributed by atoms with van der Waals surface area (Å²) in [5, 5.41) is 3.76. The smallest absolute Gasteiger partial charge is 0.264 e. The lowest BCUT2D eigenvalue weighted by atomic mass is 10.0. The van der Waals surface area contributed by atoms with Gasteiger partial charge in [0, 0.05) is 29.1 Å². The van der Waals surface area contributed by atoms with E-state index in [1.165, 1.54) is 17.0 Å². The molecule has 4 aromatic carbocycles. The zero-order valence-corrected chi connectivity index (χ0v) is 29.9. The Labute approximate surface area is 293 Å². The Morgan fingerprint density at radius 3 is 2.17 bits per heavy atom. The van der Waals surface area contributed by atoms with Crippen LogP contribution in [0.1, 0.15) is 43.9 Å². The molecule has 2 amide bonds. The van der Waals surface area contributed by atoms with Crippen molar-refractivity contribution in [1.82, 2.24) is 10.2 Å². The van der Waals surface area contributed by atoms with Crippen molar-refractivity contribution in [2.45, 2.75) is 64.1 Å². The van der Waals surface area contributed by atoms with Gasteiger partial charge < -0.3 is 15.0 Å². The van der Waals surface area contributed by atoms with Crippen molar-refractivity contribution >= 4 is 50.7 Å². The third-order valence-corrected chi connectivity index (χ3v) is 10.3. The minimum atomic E-state index is -4.24. The number of rotatable bonds is 15. The molecule has 0 heterocycles. The first kappa shape index (κ1) is 36.8. The zero-order valence-electron chi connectivity index (χ0n) is 27.5. The van der Waals surface area contributed by atoms with Crippen molar-refractivity contribution in [3.8, 4) is 5.75 Å². The third-order valence-electron chi connectivity index (χ3n) is 7.95. The highest BCUT2D eigenvalue weighted by atomic mass is 35.5. The number of hydrogen-bond donors (Lipinski definition) is 1. The number of amides is 2. The fraction of sp³-hybridized carbons (Fsp3) is 0.297. The van der Waals surface area contributed by atoms with Crippen molar-refractivity contribution in [1.29, 1.82) is 0 Å². The highest BCUT2D eigenvalue weighted by molar-refractivity contribution is 7.92. The van der Waals surface area contributed by atoms with E-state index in [0.29, 0.717) is 34.4 Å². The first-order valence-electron chi connectivity index (χ1n) is 15.8. The average molecular weight is 711 g/mol. The molecule has 0 aromatic heterocycles. The molecule has 254 valence electrons. The van der Waals surface area contributed by atoms with Crippen LogP contribution in [0, 0.1) is 6.92 Å². The standard InChI is InChI=1S/C37H41Cl2N3O5S/c1-5-27(4)40-37(44)35(22-28-10-8-7-9-11-28)41(24-29-14-15-30(38)23-34(29)39)36(43)25-42(31-16-18-32(19-17-31)47-6-2)48(45,46)33-20-12-26(3)13-21-33/h7-21,23,27,35H,5-6,22,24-25H2,1-4H3,(H,40,44). The SMILES string of the molecule is CCOc1ccc(N(CC(=O)N(Cc2ccc(Cl)cc2Cl)C(Cc2ccccc2)C(=O)NC(C)CC)S(=O)(=O)c2ccc(C)cc2)cc1. The van der Waals surface area contributed by atoms with Crippen molar-refractivity contribution in [2.75, 3.05) is 17.5 Å². The van der Waals surface area contributed by atoms with E-state index < -0.39 is 28.5 Å². The largest absolute Gasteiger partial charge is 0.494 e. The van der Waals surface area contributed by atoms with Gasteiger partial charge >= 0.3 is 0 Å². The number of nitrogens with one attached hydrogen (secondary N) is 1. The number of ether oxygens (including phenoxy) is 1. The Hall–Kier alpha value is -4.05. The molecule has 2 atom stereocenters. The Morgan fingerprint density at radius 1 is 0.896 bits per heavy atom. The summed E-state index contributed by atoms with van der Waals surface area (Å²) in [5.41, 5.74) is 2.54. The molecule has 2 unspecified atom stereocenters. The fourth-order valence-corrected chi connectivity index (χ4v) is 6.95. The molecule has 0 aliphatic heterocycles. The van der Waals surface area contributed by atoms with E-state index in [9.17, 15) is 18.0 Å². The molecular formula is C37H41Cl2N3O5S. The topological polar surface area (TPSA) is 96.0 Å². The van der Waals surface area contributed by atoms with Crippen LogP contribution in [0.5, 0.6) is 5.75 Å². The van der Waals surface area contributed by atoms with Gasteiger partial charge in [0.15, 0.2) is 0 Å². The van der Waals surface area contributed by atoms with Crippen LogP contribution in [-0.2, 0) is 32.6 Å². The molecule has 4 rings (SSSR count). The van der Waals surface area contributed by atoms with Gasteiger partial charge in [-0.25, -0.2) is 8.42 Å². The lowest BCUT2D eigenvalue weighted by Crippen LogP contribution is -2.54. The van der Waals surface area contributed by atoms with Crippen molar-refractivity contribution < 1.29 is 22.7 Å². The normalized spacial score (nSPS) is 12.5. The summed E-state index contributed by atoms with van der Waals surface area (Å²) in [6.45, 7) is 7.35. The van der Waals surface area contributed by atoms with Gasteiger partial charge in [0.1, 0.15) is 18.3 Å². The van der Waals surface area contributed by atoms with Crippen LogP contribution in [-0.4, -0.2) is 50.4 Å². The predicted octanol–water partition coefficient (Wildman–Crippen LogP) is 7.45. The number of aryl methyl sites for hydroxylation is 1. The number of sulfonamides is 1. The molecule has 0 saturated carbocycles. The second-order valence-electron chi connectivity index (χ2n) is 11.5. The summed E-state index contributed by atoms with van der Waals surface area (Å²) in [4.78, 5) is 30.1. The summed E-state index contributed by atoms with van der Waals surface area (Å²) >= 11 is 12.8. The molecular weight excluding hydrogens is 669 g/mol. The monoisotopic (exact) mass is 709 g/mol. The molecule has 0 radical (unpaired) electrons. The lowest BCUT2D eigenvalue weighted by Gasteiger charge is -2.34. The van der Waals surface area contributed by atoms with Crippen LogP contribution in [0.4, 0.5) is 5.69 Å². The molecule has 11 heteroatoms. The van der Waals surface area contributed by atoms with Crippen LogP contribution >= 0.6 is 23.2 Å². The van der Waals surface area contributed by atoms with Gasteiger partial charge in [-0.15, -0.1) is 0 Å². The predicted molar refractivity (Wildman–Crippen MR) is 192 cm³/mol. The Balaban J connectivity index is 1.83. The van der Waals surface area contributed by atoms with Crippen LogP contribution < -0.4 is 14.4 Å². The number of benzene rings is 4. The number of halogens is 2. The van der Waals surface area contributed by atoms with E-state index >= 15 is 0 Å². The summed E-state index contributed by atoms with van der Waals surface area (Å²) in [6, 6.07) is 26.1. The van der Waals surface area contributed by atoms with Gasteiger partial charge in [0.25, 0.3) is 10.0 Å². The van der Waals surface area contributed by atoms with Gasteiger partial charge in [-0.2, -0.15) is 0 Å². The number of carbonyl (C=O) groups excluding carboxylic acids is 2. The van der Waals surface area contributed by atoms with Gasteiger partial charge in [0.05, 0.1) is 17.2 Å². The average Bonchev–Trinajstić information content (AvgIpc) is 3.07. The van der Waals surface area contributed by atoms with Gasteiger partial charge in [-0.3, -0.25) is 13.9 Å². The summed E-state index contributed by atoms with van der Waals surface area (Å²) in [5.74, 6) is -0.393. The van der Waals surface area contributed by atoms with E-state index in [0.717, 1.165) is 15.4 Å². The van der Waals surface area contributed by atoms with Crippen LogP contribution in [0.15, 0.2) is 102 Å². The quantitative estimate of drug-likeness (QED) is 0.138. The minimum absolute atomic E-state index is 0.0254. The van der Waals surface area contributed by atoms with E-state index in [-0.39, 0.29) is 35.5 Å². The summed E-state index contributed by atoms with van der Waals surface area (Å²) < 4.78 is 35.1. The van der Waals surface area contributed by atoms with Crippen molar-refractivity contribution in [3.05, 3.63) is 124 Å². The zero-order chi connectivity index (χ0) is 34.8. The first-order chi connectivity index (χ1) is 22.9. The Bertz CT molecular complexity index is 1790. The molecule has 0 bridgehead atoms. The van der Waals surface area contributed by atoms with Crippen LogP contribution in [0.3, 0.4) is 0 Å². The summed E-state index contributed by atoms with van der Waals surface area (Å²) in [7, 11) is -4.24. The van der Waals surface area contributed by atoms with Crippen LogP contribution in [0.2, 0.25) is 10.0 Å². The van der Waals surface area contributed by atoms with Gasteiger partial charge in [-0.05, 0) is 86.8 Å². The first-order valence-corrected chi connectivity index (χ1v) is 18.0. The number of hydrogen-bond acceptors (Lipinski definition) is 5. The number of carbonyl (C=O) groups is 2. The number of anilines is 1. The molecule has 48 heavy (non-hydrogen) atoms. The second kappa shape index (κ2) is 16.9. The third kappa shape index (κ3) is 9.52. The molecule has 0 saturated heterocycles. The lowest BCUT2D eigenvalue weighted by molar-refractivity contribution is -0.140. The minimum Gasteiger partial charge on any atom is -0.494 e. The fourth-order valence-electron chi connectivity index (χ4n) is 5.07. The molecule has 0 fully saturated rings. The van der Waals surface area contributed by atoms with E-state index in [1.54, 1.807) is 54.6 Å². The highest BCUT2D eigenvalue weighted by Crippen LogP contribution is 2.28. The van der Waals surface area contributed by atoms with Gasteiger partial charge in [0.2, 0.25) is 11.8 Å². The Morgan fingerprint density at radius 2 is 1.56 bits per heavy atom. The Kier molecular flexibility index (Phi) is 12.9. The van der Waals surface area contributed by atoms with E-state index in [4.69, 9.17) is 27.9 Å². The molecule has 0 aliphatic carbocycles. The highest BCUT2D eigenvalue weighted by Gasteiger charge is 2.35. The van der Waals surface area contributed by atoms with E-state index in [2.05, 4.69) is 5.32 Å².